The highest BCUT2D eigenvalue weighted by molar-refractivity contribution is 6.30. The van der Waals surface area contributed by atoms with Gasteiger partial charge in [-0.25, -0.2) is 5.01 Å². The van der Waals surface area contributed by atoms with E-state index in [0.717, 1.165) is 55.3 Å². The van der Waals surface area contributed by atoms with Crippen molar-refractivity contribution in [1.82, 2.24) is 14.8 Å². The van der Waals surface area contributed by atoms with Gasteiger partial charge in [-0.2, -0.15) is 5.10 Å². The molecule has 1 amide bonds. The molecule has 1 saturated heterocycles. The molecular weight excluding hydrogens is 412 g/mol. The van der Waals surface area contributed by atoms with E-state index in [1.54, 1.807) is 12.1 Å². The predicted octanol–water partition coefficient (Wildman–Crippen LogP) is 3.66. The second-order valence-electron chi connectivity index (χ2n) is 7.97. The van der Waals surface area contributed by atoms with Gasteiger partial charge in [-0.05, 0) is 36.4 Å². The zero-order valence-electron chi connectivity index (χ0n) is 18.1. The maximum absolute atomic E-state index is 13.4. The molecule has 2 aliphatic heterocycles. The zero-order chi connectivity index (χ0) is 21.8. The first kappa shape index (κ1) is 21.8. The number of likely N-dealkylation sites (N-methyl/N-ethyl adjacent to an activating group) is 1. The number of ether oxygens (including phenoxy) is 1. The number of carbonyl (C=O) groups is 1. The van der Waals surface area contributed by atoms with E-state index in [-0.39, 0.29) is 11.9 Å². The Balaban J connectivity index is 1.58. The first-order chi connectivity index (χ1) is 15.1. The number of methoxy groups -OCH3 is 1. The van der Waals surface area contributed by atoms with Gasteiger partial charge in [0.25, 0.3) is 5.91 Å². The van der Waals surface area contributed by atoms with Crippen molar-refractivity contribution in [2.45, 2.75) is 19.4 Å². The highest BCUT2D eigenvalue weighted by atomic mass is 35.5. The van der Waals surface area contributed by atoms with E-state index >= 15 is 0 Å². The van der Waals surface area contributed by atoms with Crippen LogP contribution in [0.2, 0.25) is 5.02 Å². The number of benzene rings is 2. The fraction of sp³-hybridized carbons (Fsp3) is 0.417. The Morgan fingerprint density at radius 3 is 2.42 bits per heavy atom. The third-order valence-corrected chi connectivity index (χ3v) is 6.36. The summed E-state index contributed by atoms with van der Waals surface area (Å²) in [6.45, 7) is 7.42. The van der Waals surface area contributed by atoms with Crippen LogP contribution in [0.3, 0.4) is 0 Å². The van der Waals surface area contributed by atoms with Gasteiger partial charge in [-0.15, -0.1) is 0 Å². The lowest BCUT2D eigenvalue weighted by Crippen LogP contribution is -2.49. The Morgan fingerprint density at radius 2 is 1.74 bits per heavy atom. The molecule has 0 aromatic heterocycles. The third-order valence-electron chi connectivity index (χ3n) is 6.11. The van der Waals surface area contributed by atoms with E-state index in [0.29, 0.717) is 18.0 Å². The summed E-state index contributed by atoms with van der Waals surface area (Å²) in [5.41, 5.74) is 2.82. The molecule has 0 saturated carbocycles. The Hall–Kier alpha value is -2.41. The van der Waals surface area contributed by atoms with Gasteiger partial charge in [-0.1, -0.05) is 42.8 Å². The monoisotopic (exact) mass is 440 g/mol. The number of amides is 1. The molecule has 164 valence electrons. The van der Waals surface area contributed by atoms with E-state index in [1.807, 2.05) is 48.5 Å². The average Bonchev–Trinajstić information content (AvgIpc) is 3.25. The van der Waals surface area contributed by atoms with Gasteiger partial charge in [0.15, 0.2) is 0 Å². The molecule has 2 aromatic rings. The quantitative estimate of drug-likeness (QED) is 0.687. The highest BCUT2D eigenvalue weighted by Crippen LogP contribution is 2.35. The molecule has 1 unspecified atom stereocenters. The molecule has 1 fully saturated rings. The van der Waals surface area contributed by atoms with Crippen molar-refractivity contribution in [3.05, 3.63) is 64.7 Å². The summed E-state index contributed by atoms with van der Waals surface area (Å²) >= 11 is 6.10. The molecule has 2 aromatic carbocycles. The largest absolute Gasteiger partial charge is 0.496 e. The van der Waals surface area contributed by atoms with E-state index in [2.05, 4.69) is 16.7 Å². The second kappa shape index (κ2) is 9.81. The summed E-state index contributed by atoms with van der Waals surface area (Å²) in [5, 5.41) is 7.14. The fourth-order valence-corrected chi connectivity index (χ4v) is 4.38. The minimum atomic E-state index is -0.151. The number of hydrazone groups is 1. The van der Waals surface area contributed by atoms with Crippen LogP contribution in [-0.2, 0) is 4.79 Å². The second-order valence-corrected chi connectivity index (χ2v) is 8.40. The summed E-state index contributed by atoms with van der Waals surface area (Å²) in [5.74, 6) is 0.788. The van der Waals surface area contributed by atoms with Crippen molar-refractivity contribution in [3.63, 3.8) is 0 Å². The fourth-order valence-electron chi connectivity index (χ4n) is 4.26. The first-order valence-electron chi connectivity index (χ1n) is 10.8. The number of carbonyl (C=O) groups excluding carboxylic acids is 1. The van der Waals surface area contributed by atoms with Crippen LogP contribution in [-0.4, -0.2) is 72.8 Å². The molecule has 0 aliphatic carbocycles. The van der Waals surface area contributed by atoms with Gasteiger partial charge in [0.2, 0.25) is 0 Å². The zero-order valence-corrected chi connectivity index (χ0v) is 18.9. The molecule has 2 heterocycles. The molecule has 2 aliphatic rings. The predicted molar refractivity (Wildman–Crippen MR) is 124 cm³/mol. The van der Waals surface area contributed by atoms with Crippen LogP contribution < -0.4 is 4.74 Å². The smallest absolute Gasteiger partial charge is 0.257 e. The van der Waals surface area contributed by atoms with Gasteiger partial charge in [-0.3, -0.25) is 9.69 Å². The van der Waals surface area contributed by atoms with Crippen molar-refractivity contribution < 1.29 is 9.53 Å². The molecular formula is C24H29ClN4O2. The lowest BCUT2D eigenvalue weighted by molar-refractivity contribution is -0.134. The normalized spacial score (nSPS) is 20.0. The maximum atomic E-state index is 13.4. The summed E-state index contributed by atoms with van der Waals surface area (Å²) in [7, 11) is 1.66. The van der Waals surface area contributed by atoms with E-state index in [9.17, 15) is 4.79 Å². The van der Waals surface area contributed by atoms with Crippen LogP contribution >= 0.6 is 11.6 Å². The molecule has 6 nitrogen and oxygen atoms in total. The number of hydrogen-bond donors (Lipinski definition) is 0. The minimum absolute atomic E-state index is 0.0230. The molecule has 4 rings (SSSR count). The van der Waals surface area contributed by atoms with Gasteiger partial charge in [0.1, 0.15) is 5.75 Å². The van der Waals surface area contributed by atoms with Crippen LogP contribution in [0.5, 0.6) is 5.75 Å². The number of piperazine rings is 1. The lowest BCUT2D eigenvalue weighted by atomic mass is 9.98. The van der Waals surface area contributed by atoms with Crippen LogP contribution in [0.4, 0.5) is 0 Å². The number of para-hydroxylation sites is 1. The van der Waals surface area contributed by atoms with Gasteiger partial charge < -0.3 is 9.64 Å². The van der Waals surface area contributed by atoms with Crippen molar-refractivity contribution in [1.29, 1.82) is 0 Å². The molecule has 1 atom stereocenters. The number of hydrogen-bond acceptors (Lipinski definition) is 5. The molecule has 0 bridgehead atoms. The number of nitrogens with zero attached hydrogens (tertiary/aromatic N) is 4. The van der Waals surface area contributed by atoms with E-state index < -0.39 is 0 Å². The van der Waals surface area contributed by atoms with Crippen molar-refractivity contribution in [2.24, 2.45) is 5.10 Å². The molecule has 7 heteroatoms. The Morgan fingerprint density at radius 1 is 1.06 bits per heavy atom. The summed E-state index contributed by atoms with van der Waals surface area (Å²) in [6.07, 6.45) is 0.636. The standard InChI is InChI=1S/C24H29ClN4O2/c1-3-27-12-14-28(15-13-27)17-24(30)29-22(18-8-10-19(25)11-9-18)16-21(26-29)20-6-4-5-7-23(20)31-2/h4-11,22H,3,12-17H2,1-2H3. The molecule has 0 spiro atoms. The minimum Gasteiger partial charge on any atom is -0.496 e. The van der Waals surface area contributed by atoms with Crippen LogP contribution in [0.1, 0.15) is 30.5 Å². The summed E-state index contributed by atoms with van der Waals surface area (Å²) in [4.78, 5) is 18.0. The summed E-state index contributed by atoms with van der Waals surface area (Å²) < 4.78 is 5.54. The Bertz CT molecular complexity index is 939. The lowest BCUT2D eigenvalue weighted by Gasteiger charge is -2.34. The van der Waals surface area contributed by atoms with Crippen molar-refractivity contribution >= 4 is 23.2 Å². The van der Waals surface area contributed by atoms with Crippen LogP contribution in [0.15, 0.2) is 53.6 Å². The van der Waals surface area contributed by atoms with Crippen molar-refractivity contribution in [2.75, 3.05) is 46.4 Å². The summed E-state index contributed by atoms with van der Waals surface area (Å²) in [6, 6.07) is 15.4. The van der Waals surface area contributed by atoms with E-state index in [4.69, 9.17) is 21.4 Å². The molecule has 0 radical (unpaired) electrons. The average molecular weight is 441 g/mol. The first-order valence-corrected chi connectivity index (χ1v) is 11.2. The number of rotatable bonds is 6. The van der Waals surface area contributed by atoms with Gasteiger partial charge in [0, 0.05) is 43.2 Å². The molecule has 31 heavy (non-hydrogen) atoms. The van der Waals surface area contributed by atoms with Crippen molar-refractivity contribution in [3.8, 4) is 5.75 Å². The van der Waals surface area contributed by atoms with Gasteiger partial charge >= 0.3 is 0 Å². The van der Waals surface area contributed by atoms with Gasteiger partial charge in [0.05, 0.1) is 25.4 Å². The van der Waals surface area contributed by atoms with Crippen LogP contribution in [0, 0.1) is 0 Å². The van der Waals surface area contributed by atoms with E-state index in [1.165, 1.54) is 0 Å². The highest BCUT2D eigenvalue weighted by Gasteiger charge is 2.34. The Labute approximate surface area is 189 Å². The van der Waals surface area contributed by atoms with Crippen LogP contribution in [0.25, 0.3) is 0 Å². The third kappa shape index (κ3) is 4.92. The topological polar surface area (TPSA) is 48.4 Å². The SMILES string of the molecule is CCN1CCN(CC(=O)N2N=C(c3ccccc3OC)CC2c2ccc(Cl)cc2)CC1. The Kier molecular flexibility index (Phi) is 6.90. The number of halogens is 1. The maximum Gasteiger partial charge on any atom is 0.257 e. The molecule has 0 N–H and O–H groups in total.